The van der Waals surface area contributed by atoms with Crippen LogP contribution in [-0.4, -0.2) is 72.7 Å². The van der Waals surface area contributed by atoms with E-state index in [1.807, 2.05) is 24.1 Å². The van der Waals surface area contributed by atoms with Crippen LogP contribution in [0, 0.1) is 5.92 Å². The first kappa shape index (κ1) is 27.4. The minimum atomic E-state index is -0.731. The van der Waals surface area contributed by atoms with E-state index in [0.717, 1.165) is 48.7 Å². The van der Waals surface area contributed by atoms with E-state index in [2.05, 4.69) is 11.0 Å². The highest BCUT2D eigenvalue weighted by Gasteiger charge is 2.75. The van der Waals surface area contributed by atoms with Crippen molar-refractivity contribution in [2.24, 2.45) is 5.92 Å². The van der Waals surface area contributed by atoms with Crippen molar-refractivity contribution in [3.05, 3.63) is 57.1 Å². The van der Waals surface area contributed by atoms with Crippen molar-refractivity contribution in [1.82, 2.24) is 9.80 Å². The number of methoxy groups -OCH3 is 1. The second-order valence-corrected chi connectivity index (χ2v) is 13.4. The van der Waals surface area contributed by atoms with E-state index < -0.39 is 11.0 Å². The zero-order valence-corrected chi connectivity index (χ0v) is 25.3. The Labute approximate surface area is 251 Å². The lowest BCUT2D eigenvalue weighted by Crippen LogP contribution is -2.79. The van der Waals surface area contributed by atoms with E-state index in [4.69, 9.17) is 37.4 Å². The third kappa shape index (κ3) is 4.02. The molecule has 2 heterocycles. The summed E-state index contributed by atoms with van der Waals surface area (Å²) in [5.41, 5.74) is 1.88. The molecule has 1 spiro atoms. The van der Waals surface area contributed by atoms with Crippen LogP contribution in [0.3, 0.4) is 0 Å². The maximum atomic E-state index is 13.7. The molecule has 3 aliphatic carbocycles. The van der Waals surface area contributed by atoms with Crippen molar-refractivity contribution in [2.75, 3.05) is 27.2 Å². The second-order valence-electron chi connectivity index (χ2n) is 12.6. The Kier molecular flexibility index (Phi) is 6.53. The second kappa shape index (κ2) is 9.78. The van der Waals surface area contributed by atoms with Gasteiger partial charge in [-0.2, -0.15) is 0 Å². The Morgan fingerprint density at radius 1 is 1.12 bits per heavy atom. The molecule has 3 fully saturated rings. The van der Waals surface area contributed by atoms with E-state index in [1.54, 1.807) is 19.2 Å². The minimum absolute atomic E-state index is 0.0185. The zero-order valence-electron chi connectivity index (χ0n) is 23.8. The van der Waals surface area contributed by atoms with Crippen molar-refractivity contribution < 1.29 is 23.8 Å². The van der Waals surface area contributed by atoms with E-state index in [1.165, 1.54) is 25.3 Å². The zero-order chi connectivity index (χ0) is 28.7. The van der Waals surface area contributed by atoms with Gasteiger partial charge in [0.2, 0.25) is 5.91 Å². The summed E-state index contributed by atoms with van der Waals surface area (Å²) >= 11 is 12.4. The third-order valence-electron chi connectivity index (χ3n) is 10.5. The molecule has 2 aliphatic heterocycles. The van der Waals surface area contributed by atoms with Gasteiger partial charge in [-0.25, -0.2) is 0 Å². The molecule has 5 aliphatic rings. The number of esters is 1. The van der Waals surface area contributed by atoms with Crippen LogP contribution < -0.4 is 9.47 Å². The summed E-state index contributed by atoms with van der Waals surface area (Å²) < 4.78 is 19.3. The smallest absolute Gasteiger partial charge is 0.303 e. The van der Waals surface area contributed by atoms with Gasteiger partial charge >= 0.3 is 5.97 Å². The molecule has 41 heavy (non-hydrogen) atoms. The van der Waals surface area contributed by atoms with E-state index in [-0.39, 0.29) is 36.5 Å². The molecule has 1 saturated heterocycles. The summed E-state index contributed by atoms with van der Waals surface area (Å²) in [5, 5.41) is 0.897. The van der Waals surface area contributed by atoms with Crippen LogP contribution in [0.25, 0.3) is 0 Å². The van der Waals surface area contributed by atoms with Gasteiger partial charge in [0.15, 0.2) is 11.5 Å². The number of likely N-dealkylation sites (N-methyl/N-ethyl adjacent to an activating group) is 1. The molecule has 0 aromatic heterocycles. The minimum Gasteiger partial charge on any atom is -0.493 e. The van der Waals surface area contributed by atoms with Crippen LogP contribution in [0.1, 0.15) is 55.7 Å². The molecule has 0 unspecified atom stereocenters. The van der Waals surface area contributed by atoms with Gasteiger partial charge < -0.3 is 19.1 Å². The van der Waals surface area contributed by atoms with Gasteiger partial charge in [-0.05, 0) is 80.3 Å². The van der Waals surface area contributed by atoms with Crippen molar-refractivity contribution in [2.45, 2.75) is 81.1 Å². The van der Waals surface area contributed by atoms with E-state index in [0.29, 0.717) is 28.6 Å². The lowest BCUT2D eigenvalue weighted by atomic mass is 9.48. The summed E-state index contributed by atoms with van der Waals surface area (Å²) in [6, 6.07) is 9.34. The first-order chi connectivity index (χ1) is 19.7. The van der Waals surface area contributed by atoms with Crippen LogP contribution in [0.5, 0.6) is 11.5 Å². The van der Waals surface area contributed by atoms with Gasteiger partial charge in [0, 0.05) is 26.1 Å². The molecule has 2 aromatic rings. The average molecular weight is 600 g/mol. The number of halogens is 2. The van der Waals surface area contributed by atoms with Gasteiger partial charge in [0.1, 0.15) is 11.7 Å². The van der Waals surface area contributed by atoms with Gasteiger partial charge in [-0.3, -0.25) is 14.5 Å². The molecular weight excluding hydrogens is 563 g/mol. The summed E-state index contributed by atoms with van der Waals surface area (Å²) in [6.07, 6.45) is 5.32. The summed E-state index contributed by atoms with van der Waals surface area (Å²) in [6.45, 7) is 3.48. The highest BCUT2D eigenvalue weighted by atomic mass is 35.5. The number of likely N-dealkylation sites (tertiary alicyclic amines) is 1. The molecule has 0 N–H and O–H groups in total. The topological polar surface area (TPSA) is 68.3 Å². The molecule has 2 saturated carbocycles. The Morgan fingerprint density at radius 3 is 2.63 bits per heavy atom. The number of nitrogens with zero attached hydrogens (tertiary/aromatic N) is 2. The fraction of sp³-hybridized carbons (Fsp3) is 0.562. The summed E-state index contributed by atoms with van der Waals surface area (Å²) in [5.74, 6) is 1.88. The quantitative estimate of drug-likeness (QED) is 0.408. The SMILES string of the molecule is COc1ccc2c3c1O[C@H]1[C@H](N(C)C(=O)Cc4ccc(Cl)c(Cl)c4)CC[C@@]4(OC(C)=O)[C@@H](C2)N(CC2CC2)CC[C@]314. The number of amides is 1. The number of piperidine rings is 1. The molecule has 5 atom stereocenters. The Bertz CT molecular complexity index is 1430. The van der Waals surface area contributed by atoms with Crippen LogP contribution in [0.2, 0.25) is 10.0 Å². The first-order valence-electron chi connectivity index (χ1n) is 14.7. The molecular formula is C32H36Cl2N2O5. The van der Waals surface area contributed by atoms with Gasteiger partial charge in [-0.1, -0.05) is 35.3 Å². The number of benzene rings is 2. The van der Waals surface area contributed by atoms with E-state index in [9.17, 15) is 9.59 Å². The highest BCUT2D eigenvalue weighted by Crippen LogP contribution is 2.67. The number of ether oxygens (including phenoxy) is 3. The number of hydrogen-bond donors (Lipinski definition) is 0. The van der Waals surface area contributed by atoms with Crippen molar-refractivity contribution in [3.8, 4) is 11.5 Å². The Balaban J connectivity index is 1.31. The van der Waals surface area contributed by atoms with Crippen molar-refractivity contribution in [3.63, 3.8) is 0 Å². The number of carbonyl (C=O) groups excluding carboxylic acids is 2. The van der Waals surface area contributed by atoms with Crippen LogP contribution >= 0.6 is 23.2 Å². The maximum absolute atomic E-state index is 13.7. The molecule has 2 aromatic carbocycles. The van der Waals surface area contributed by atoms with Gasteiger partial charge in [0.25, 0.3) is 0 Å². The average Bonchev–Trinajstić information content (AvgIpc) is 3.69. The number of carbonyl (C=O) groups is 2. The first-order valence-corrected chi connectivity index (χ1v) is 15.4. The van der Waals surface area contributed by atoms with Gasteiger partial charge in [0.05, 0.1) is 41.1 Å². The fourth-order valence-corrected chi connectivity index (χ4v) is 8.89. The third-order valence-corrected chi connectivity index (χ3v) is 11.2. The molecule has 1 amide bonds. The monoisotopic (exact) mass is 598 g/mol. The standard InChI is InChI=1S/C32H36Cl2N2O5/c1-18(37)41-32-11-10-24(35(2)27(38)15-20-6-8-22(33)23(34)14-20)30-31(32)12-13-36(17-19-4-5-19)26(32)16-21-7-9-25(39-3)29(40-30)28(21)31/h6-9,14,19,24,26,30H,4-5,10-13,15-17H2,1-3H3/t24-,26-,30+,31+,32-/m1/s1. The van der Waals surface area contributed by atoms with Crippen molar-refractivity contribution >= 4 is 35.1 Å². The maximum Gasteiger partial charge on any atom is 0.303 e. The summed E-state index contributed by atoms with van der Waals surface area (Å²) in [4.78, 5) is 31.1. The predicted octanol–water partition coefficient (Wildman–Crippen LogP) is 5.21. The normalized spacial score (nSPS) is 31.2. The van der Waals surface area contributed by atoms with Crippen molar-refractivity contribution in [1.29, 1.82) is 0 Å². The van der Waals surface area contributed by atoms with Crippen LogP contribution in [0.15, 0.2) is 30.3 Å². The molecule has 2 bridgehead atoms. The van der Waals surface area contributed by atoms with Crippen LogP contribution in [-0.2, 0) is 32.6 Å². The predicted molar refractivity (Wildman–Crippen MR) is 156 cm³/mol. The Morgan fingerprint density at radius 2 is 1.93 bits per heavy atom. The highest BCUT2D eigenvalue weighted by molar-refractivity contribution is 6.42. The number of rotatable bonds is 7. The van der Waals surface area contributed by atoms with Gasteiger partial charge in [-0.15, -0.1) is 0 Å². The molecule has 7 rings (SSSR count). The largest absolute Gasteiger partial charge is 0.493 e. The number of hydrogen-bond acceptors (Lipinski definition) is 6. The lowest BCUT2D eigenvalue weighted by molar-refractivity contribution is -0.223. The molecule has 218 valence electrons. The van der Waals surface area contributed by atoms with E-state index >= 15 is 0 Å². The lowest BCUT2D eigenvalue weighted by Gasteiger charge is -2.65. The summed E-state index contributed by atoms with van der Waals surface area (Å²) in [7, 11) is 3.53. The molecule has 9 heteroatoms. The fourth-order valence-electron chi connectivity index (χ4n) is 8.57. The Hall–Kier alpha value is -2.48. The molecule has 0 radical (unpaired) electrons. The van der Waals surface area contributed by atoms with Crippen LogP contribution in [0.4, 0.5) is 0 Å². The molecule has 7 nitrogen and oxygen atoms in total.